The third-order valence-corrected chi connectivity index (χ3v) is 4.51. The van der Waals surface area contributed by atoms with Gasteiger partial charge in [-0.2, -0.15) is 0 Å². The van der Waals surface area contributed by atoms with Crippen LogP contribution < -0.4 is 19.5 Å². The molecule has 0 aliphatic heterocycles. The summed E-state index contributed by atoms with van der Waals surface area (Å²) in [5.41, 5.74) is -0.110. The number of para-hydroxylation sites is 1. The second-order valence-electron chi connectivity index (χ2n) is 6.22. The van der Waals surface area contributed by atoms with E-state index in [0.717, 1.165) is 0 Å². The number of anilines is 1. The number of hydrogen-bond donors (Lipinski definition) is 1. The number of nitro groups is 1. The number of nitrogens with one attached hydrogen (secondary N) is 1. The standard InChI is InChI=1S/C22H19ClN2O6/c1-3-30-21-12-16(18(25(27)28)13-20(21)29-2)22(26)24-14-8-10-15(11-9-14)31-19-7-5-4-6-17(19)23/h4-13H,3H2,1-2H3,(H,24,26). The van der Waals surface area contributed by atoms with Gasteiger partial charge < -0.3 is 19.5 Å². The summed E-state index contributed by atoms with van der Waals surface area (Å²) in [7, 11) is 1.37. The number of ether oxygens (including phenoxy) is 3. The van der Waals surface area contributed by atoms with Crippen molar-refractivity contribution in [3.05, 3.63) is 81.4 Å². The van der Waals surface area contributed by atoms with E-state index in [1.165, 1.54) is 19.2 Å². The van der Waals surface area contributed by atoms with E-state index in [0.29, 0.717) is 28.8 Å². The molecule has 0 saturated carbocycles. The first-order valence-corrected chi connectivity index (χ1v) is 9.63. The molecule has 0 aliphatic rings. The fraction of sp³-hybridized carbons (Fsp3) is 0.136. The SMILES string of the molecule is CCOc1cc(C(=O)Nc2ccc(Oc3ccccc3Cl)cc2)c([N+](=O)[O-])cc1OC. The van der Waals surface area contributed by atoms with Crippen molar-refractivity contribution in [2.24, 2.45) is 0 Å². The van der Waals surface area contributed by atoms with Gasteiger partial charge in [-0.15, -0.1) is 0 Å². The van der Waals surface area contributed by atoms with Gasteiger partial charge in [0.25, 0.3) is 11.6 Å². The molecule has 0 aromatic heterocycles. The summed E-state index contributed by atoms with van der Waals surface area (Å²) in [6, 6.07) is 16.0. The Hall–Kier alpha value is -3.78. The van der Waals surface area contributed by atoms with Gasteiger partial charge in [-0.25, -0.2) is 0 Å². The van der Waals surface area contributed by atoms with E-state index < -0.39 is 16.5 Å². The molecule has 0 saturated heterocycles. The lowest BCUT2D eigenvalue weighted by molar-refractivity contribution is -0.385. The van der Waals surface area contributed by atoms with Crippen molar-refractivity contribution in [1.29, 1.82) is 0 Å². The Kier molecular flexibility index (Phi) is 6.94. The zero-order chi connectivity index (χ0) is 22.4. The molecule has 3 aromatic carbocycles. The fourth-order valence-electron chi connectivity index (χ4n) is 2.77. The monoisotopic (exact) mass is 442 g/mol. The largest absolute Gasteiger partial charge is 0.493 e. The van der Waals surface area contributed by atoms with E-state index in [1.54, 1.807) is 55.5 Å². The van der Waals surface area contributed by atoms with Crippen molar-refractivity contribution in [2.75, 3.05) is 19.0 Å². The fourth-order valence-corrected chi connectivity index (χ4v) is 2.94. The molecule has 0 atom stereocenters. The van der Waals surface area contributed by atoms with Crippen molar-refractivity contribution < 1.29 is 23.9 Å². The van der Waals surface area contributed by atoms with Crippen LogP contribution in [0.15, 0.2) is 60.7 Å². The summed E-state index contributed by atoms with van der Waals surface area (Å²) in [5.74, 6) is 0.768. The van der Waals surface area contributed by atoms with Gasteiger partial charge in [0, 0.05) is 11.8 Å². The molecule has 0 heterocycles. The van der Waals surface area contributed by atoms with Crippen molar-refractivity contribution >= 4 is 28.9 Å². The molecule has 0 spiro atoms. The average Bonchev–Trinajstić information content (AvgIpc) is 2.76. The second-order valence-corrected chi connectivity index (χ2v) is 6.63. The van der Waals surface area contributed by atoms with Crippen molar-refractivity contribution in [3.63, 3.8) is 0 Å². The number of hydrogen-bond acceptors (Lipinski definition) is 6. The highest BCUT2D eigenvalue weighted by molar-refractivity contribution is 6.32. The van der Waals surface area contributed by atoms with Gasteiger partial charge in [0.05, 0.1) is 29.7 Å². The third kappa shape index (κ3) is 5.23. The van der Waals surface area contributed by atoms with Crippen LogP contribution >= 0.6 is 11.6 Å². The lowest BCUT2D eigenvalue weighted by Crippen LogP contribution is -2.14. The molecule has 0 unspecified atom stereocenters. The number of carbonyl (C=O) groups is 1. The number of amides is 1. The summed E-state index contributed by atoms with van der Waals surface area (Å²) in [4.78, 5) is 23.6. The van der Waals surface area contributed by atoms with Gasteiger partial charge in [-0.05, 0) is 43.3 Å². The number of nitrogens with zero attached hydrogens (tertiary/aromatic N) is 1. The number of nitro benzene ring substituents is 1. The van der Waals surface area contributed by atoms with E-state index in [1.807, 2.05) is 0 Å². The van der Waals surface area contributed by atoms with Crippen LogP contribution in [0.1, 0.15) is 17.3 Å². The third-order valence-electron chi connectivity index (χ3n) is 4.20. The van der Waals surface area contributed by atoms with E-state index in [-0.39, 0.29) is 17.1 Å². The minimum atomic E-state index is -0.657. The Balaban J connectivity index is 1.81. The molecular weight excluding hydrogens is 424 g/mol. The Labute approximate surface area is 183 Å². The normalized spacial score (nSPS) is 10.3. The molecule has 3 aromatic rings. The number of methoxy groups -OCH3 is 1. The van der Waals surface area contributed by atoms with Gasteiger partial charge >= 0.3 is 0 Å². The van der Waals surface area contributed by atoms with Gasteiger partial charge in [-0.1, -0.05) is 23.7 Å². The van der Waals surface area contributed by atoms with Gasteiger partial charge in [0.1, 0.15) is 17.1 Å². The zero-order valence-electron chi connectivity index (χ0n) is 16.8. The predicted octanol–water partition coefficient (Wildman–Crippen LogP) is 5.70. The molecule has 3 rings (SSSR count). The molecule has 8 nitrogen and oxygen atoms in total. The lowest BCUT2D eigenvalue weighted by Gasteiger charge is -2.12. The molecule has 0 fully saturated rings. The van der Waals surface area contributed by atoms with Crippen LogP contribution in [0, 0.1) is 10.1 Å². The maximum atomic E-state index is 12.8. The number of halogens is 1. The highest BCUT2D eigenvalue weighted by Crippen LogP contribution is 2.35. The van der Waals surface area contributed by atoms with Crippen LogP contribution in [0.3, 0.4) is 0 Å². The molecule has 1 amide bonds. The number of benzene rings is 3. The lowest BCUT2D eigenvalue weighted by atomic mass is 10.1. The first kappa shape index (κ1) is 21.9. The Bertz CT molecular complexity index is 1100. The molecule has 1 N–H and O–H groups in total. The maximum absolute atomic E-state index is 12.8. The van der Waals surface area contributed by atoms with Crippen LogP contribution in [0.5, 0.6) is 23.0 Å². The quantitative estimate of drug-likeness (QED) is 0.354. The summed E-state index contributed by atoms with van der Waals surface area (Å²) in [6.07, 6.45) is 0. The van der Waals surface area contributed by atoms with Gasteiger partial charge in [0.2, 0.25) is 0 Å². The van der Waals surface area contributed by atoms with Crippen molar-refractivity contribution in [3.8, 4) is 23.0 Å². The first-order chi connectivity index (χ1) is 14.9. The minimum absolute atomic E-state index is 0.148. The van der Waals surface area contributed by atoms with E-state index >= 15 is 0 Å². The van der Waals surface area contributed by atoms with Gasteiger partial charge in [0.15, 0.2) is 11.5 Å². The van der Waals surface area contributed by atoms with E-state index in [4.69, 9.17) is 25.8 Å². The highest BCUT2D eigenvalue weighted by Gasteiger charge is 2.25. The summed E-state index contributed by atoms with van der Waals surface area (Å²) in [6.45, 7) is 2.06. The summed E-state index contributed by atoms with van der Waals surface area (Å²) < 4.78 is 16.3. The molecule has 0 radical (unpaired) electrons. The van der Waals surface area contributed by atoms with Gasteiger partial charge in [-0.3, -0.25) is 14.9 Å². The molecule has 9 heteroatoms. The Morgan fingerprint density at radius 2 is 1.77 bits per heavy atom. The maximum Gasteiger partial charge on any atom is 0.286 e. The average molecular weight is 443 g/mol. The highest BCUT2D eigenvalue weighted by atomic mass is 35.5. The second kappa shape index (κ2) is 9.82. The minimum Gasteiger partial charge on any atom is -0.493 e. The molecule has 0 bridgehead atoms. The summed E-state index contributed by atoms with van der Waals surface area (Å²) >= 11 is 6.08. The van der Waals surface area contributed by atoms with Crippen LogP contribution in [-0.4, -0.2) is 24.5 Å². The Morgan fingerprint density at radius 3 is 2.39 bits per heavy atom. The molecule has 0 aliphatic carbocycles. The van der Waals surface area contributed by atoms with Crippen LogP contribution in [0.2, 0.25) is 5.02 Å². The summed E-state index contributed by atoms with van der Waals surface area (Å²) in [5, 5.41) is 14.6. The molecule has 31 heavy (non-hydrogen) atoms. The molecule has 160 valence electrons. The smallest absolute Gasteiger partial charge is 0.286 e. The van der Waals surface area contributed by atoms with Crippen LogP contribution in [0.25, 0.3) is 0 Å². The van der Waals surface area contributed by atoms with E-state index in [2.05, 4.69) is 5.32 Å². The predicted molar refractivity (Wildman–Crippen MR) is 117 cm³/mol. The molecular formula is C22H19ClN2O6. The van der Waals surface area contributed by atoms with Crippen molar-refractivity contribution in [1.82, 2.24) is 0 Å². The van der Waals surface area contributed by atoms with Crippen LogP contribution in [0.4, 0.5) is 11.4 Å². The first-order valence-electron chi connectivity index (χ1n) is 9.26. The Morgan fingerprint density at radius 1 is 1.06 bits per heavy atom. The van der Waals surface area contributed by atoms with E-state index in [9.17, 15) is 14.9 Å². The number of rotatable bonds is 8. The topological polar surface area (TPSA) is 99.9 Å². The van der Waals surface area contributed by atoms with Crippen molar-refractivity contribution in [2.45, 2.75) is 6.92 Å². The number of carbonyl (C=O) groups excluding carboxylic acids is 1. The zero-order valence-corrected chi connectivity index (χ0v) is 17.5. The van der Waals surface area contributed by atoms with Crippen LogP contribution in [-0.2, 0) is 0 Å².